The molecule has 2 bridgehead atoms. The average molecular weight is 368 g/mol. The molecule has 1 heterocycles. The van der Waals surface area contributed by atoms with Crippen molar-refractivity contribution in [1.29, 1.82) is 0 Å². The molecule has 1 N–H and O–H groups in total. The van der Waals surface area contributed by atoms with Crippen LogP contribution in [0.25, 0.3) is 0 Å². The minimum atomic E-state index is -0.117. The summed E-state index contributed by atoms with van der Waals surface area (Å²) in [5.74, 6) is 0.415. The second-order valence-electron chi connectivity index (χ2n) is 9.21. The number of rotatable bonds is 4. The molecule has 5 heteroatoms. The number of imide groups is 1. The number of hydrogen-bond acceptors (Lipinski definition) is 3. The average Bonchev–Trinajstić information content (AvgIpc) is 3.13. The van der Waals surface area contributed by atoms with Gasteiger partial charge >= 0.3 is 0 Å². The first-order chi connectivity index (χ1) is 12.7. The van der Waals surface area contributed by atoms with Crippen LogP contribution in [0.4, 0.5) is 0 Å². The van der Waals surface area contributed by atoms with E-state index in [0.717, 1.165) is 12.0 Å². The summed E-state index contributed by atoms with van der Waals surface area (Å²) in [6.07, 6.45) is 4.10. The number of nitrogens with one attached hydrogen (secondary N) is 1. The highest BCUT2D eigenvalue weighted by molar-refractivity contribution is 6.01. The molecule has 1 aromatic rings. The van der Waals surface area contributed by atoms with Gasteiger partial charge < -0.3 is 5.32 Å². The van der Waals surface area contributed by atoms with E-state index < -0.39 is 0 Å². The maximum absolute atomic E-state index is 12.8. The predicted octanol–water partition coefficient (Wildman–Crippen LogP) is 3.28. The second kappa shape index (κ2) is 6.18. The first-order valence-corrected chi connectivity index (χ1v) is 9.95. The van der Waals surface area contributed by atoms with Crippen molar-refractivity contribution in [3.63, 3.8) is 0 Å². The van der Waals surface area contributed by atoms with Crippen molar-refractivity contribution in [3.8, 4) is 0 Å². The van der Waals surface area contributed by atoms with Crippen molar-refractivity contribution < 1.29 is 14.4 Å². The molecule has 3 unspecified atom stereocenters. The van der Waals surface area contributed by atoms with Gasteiger partial charge in [-0.3, -0.25) is 19.3 Å². The molecule has 3 amide bonds. The maximum atomic E-state index is 12.8. The number of fused-ring (bicyclic) bond motifs is 2. The van der Waals surface area contributed by atoms with E-state index in [1.807, 2.05) is 12.1 Å². The molecule has 5 nitrogen and oxygen atoms in total. The summed E-state index contributed by atoms with van der Waals surface area (Å²) in [5.41, 5.74) is 1.91. The largest absolute Gasteiger partial charge is 0.349 e. The van der Waals surface area contributed by atoms with Gasteiger partial charge in [0.1, 0.15) is 0 Å². The predicted molar refractivity (Wildman–Crippen MR) is 102 cm³/mol. The lowest BCUT2D eigenvalue weighted by Crippen LogP contribution is -2.46. The van der Waals surface area contributed by atoms with E-state index in [1.165, 1.54) is 17.7 Å². The summed E-state index contributed by atoms with van der Waals surface area (Å²) in [7, 11) is 0. The van der Waals surface area contributed by atoms with Gasteiger partial charge in [-0.25, -0.2) is 0 Å². The summed E-state index contributed by atoms with van der Waals surface area (Å²) in [6.45, 7) is 7.29. The van der Waals surface area contributed by atoms with Crippen molar-refractivity contribution in [2.24, 2.45) is 16.7 Å². The summed E-state index contributed by atoms with van der Waals surface area (Å²) in [5, 5.41) is 3.27. The standard InChI is InChI=1S/C22H28N2O3/c1-21(2)16-10-11-22(21,3)17(12-16)23-20(27)15-6-4-14(5-7-15)13-24-18(25)8-9-19(24)26/h4-7,16-17H,8-13H2,1-3H3,(H,23,27). The van der Waals surface area contributed by atoms with E-state index in [1.54, 1.807) is 12.1 Å². The monoisotopic (exact) mass is 368 g/mol. The number of hydrogen-bond donors (Lipinski definition) is 1. The molecule has 2 saturated carbocycles. The zero-order valence-corrected chi connectivity index (χ0v) is 16.4. The van der Waals surface area contributed by atoms with Gasteiger partial charge in [0.2, 0.25) is 11.8 Å². The third-order valence-corrected chi connectivity index (χ3v) is 7.81. The van der Waals surface area contributed by atoms with Crippen molar-refractivity contribution in [1.82, 2.24) is 10.2 Å². The highest BCUT2D eigenvalue weighted by atomic mass is 16.2. The highest BCUT2D eigenvalue weighted by Gasteiger charge is 2.61. The van der Waals surface area contributed by atoms with Crippen LogP contribution in [0.2, 0.25) is 0 Å². The molecule has 3 fully saturated rings. The minimum Gasteiger partial charge on any atom is -0.349 e. The Hall–Kier alpha value is -2.17. The van der Waals surface area contributed by atoms with Crippen LogP contribution in [0.5, 0.6) is 0 Å². The van der Waals surface area contributed by atoms with E-state index in [-0.39, 0.29) is 41.1 Å². The minimum absolute atomic E-state index is 0.0375. The third-order valence-electron chi connectivity index (χ3n) is 7.81. The Balaban J connectivity index is 1.42. The molecular weight excluding hydrogens is 340 g/mol. The Morgan fingerprint density at radius 3 is 2.26 bits per heavy atom. The van der Waals surface area contributed by atoms with Gasteiger partial charge in [0, 0.05) is 24.4 Å². The van der Waals surface area contributed by atoms with E-state index in [2.05, 4.69) is 26.1 Å². The molecule has 0 spiro atoms. The highest BCUT2D eigenvalue weighted by Crippen LogP contribution is 2.65. The topological polar surface area (TPSA) is 66.5 Å². The zero-order valence-electron chi connectivity index (χ0n) is 16.4. The Bertz CT molecular complexity index is 782. The summed E-state index contributed by atoms with van der Waals surface area (Å²) in [4.78, 5) is 37.5. The Kier molecular flexibility index (Phi) is 4.17. The molecule has 0 radical (unpaired) electrons. The fourth-order valence-corrected chi connectivity index (χ4v) is 5.41. The number of carbonyl (C=O) groups excluding carboxylic acids is 3. The first-order valence-electron chi connectivity index (χ1n) is 9.95. The lowest BCUT2D eigenvalue weighted by Gasteiger charge is -2.39. The van der Waals surface area contributed by atoms with Gasteiger partial charge in [-0.15, -0.1) is 0 Å². The van der Waals surface area contributed by atoms with Gasteiger partial charge in [-0.2, -0.15) is 0 Å². The van der Waals surface area contributed by atoms with E-state index in [0.29, 0.717) is 24.3 Å². The quantitative estimate of drug-likeness (QED) is 0.830. The van der Waals surface area contributed by atoms with E-state index in [4.69, 9.17) is 0 Å². The zero-order chi connectivity index (χ0) is 19.4. The van der Waals surface area contributed by atoms with Crippen LogP contribution >= 0.6 is 0 Å². The molecule has 0 aromatic heterocycles. The van der Waals surface area contributed by atoms with Gasteiger partial charge in [0.15, 0.2) is 0 Å². The third kappa shape index (κ3) is 2.79. The van der Waals surface area contributed by atoms with Gasteiger partial charge in [0.25, 0.3) is 5.91 Å². The molecule has 27 heavy (non-hydrogen) atoms. The first kappa shape index (κ1) is 18.2. The Labute approximate surface area is 160 Å². The maximum Gasteiger partial charge on any atom is 0.251 e. The number of likely N-dealkylation sites (tertiary alicyclic amines) is 1. The Morgan fingerprint density at radius 2 is 1.74 bits per heavy atom. The molecule has 4 rings (SSSR count). The van der Waals surface area contributed by atoms with Crippen molar-refractivity contribution in [3.05, 3.63) is 35.4 Å². The number of benzene rings is 1. The van der Waals surface area contributed by atoms with Crippen LogP contribution in [-0.2, 0) is 16.1 Å². The van der Waals surface area contributed by atoms with Crippen molar-refractivity contribution in [2.45, 2.75) is 65.5 Å². The lowest BCUT2D eigenvalue weighted by molar-refractivity contribution is -0.139. The van der Waals surface area contributed by atoms with E-state index in [9.17, 15) is 14.4 Å². The number of nitrogens with zero attached hydrogens (tertiary/aromatic N) is 1. The Morgan fingerprint density at radius 1 is 1.11 bits per heavy atom. The summed E-state index contributed by atoms with van der Waals surface area (Å²) >= 11 is 0. The SMILES string of the molecule is CC1(C)C2CCC1(C)C(NC(=O)c1ccc(CN3C(=O)CCC3=O)cc1)C2. The smallest absolute Gasteiger partial charge is 0.251 e. The van der Waals surface area contributed by atoms with Gasteiger partial charge in [-0.1, -0.05) is 32.9 Å². The van der Waals surface area contributed by atoms with Gasteiger partial charge in [0.05, 0.1) is 6.54 Å². The summed E-state index contributed by atoms with van der Waals surface area (Å²) < 4.78 is 0. The fourth-order valence-electron chi connectivity index (χ4n) is 5.41. The van der Waals surface area contributed by atoms with Gasteiger partial charge in [-0.05, 0) is 53.7 Å². The summed E-state index contributed by atoms with van der Waals surface area (Å²) in [6, 6.07) is 7.46. The molecular formula is C22H28N2O3. The molecule has 1 aliphatic heterocycles. The number of carbonyl (C=O) groups is 3. The lowest BCUT2D eigenvalue weighted by atomic mass is 9.69. The fraction of sp³-hybridized carbons (Fsp3) is 0.591. The molecule has 1 aromatic carbocycles. The molecule has 2 aliphatic carbocycles. The van der Waals surface area contributed by atoms with Crippen LogP contribution in [0.15, 0.2) is 24.3 Å². The van der Waals surface area contributed by atoms with Crippen LogP contribution in [0.1, 0.15) is 68.8 Å². The second-order valence-corrected chi connectivity index (χ2v) is 9.21. The van der Waals surface area contributed by atoms with Crippen LogP contribution < -0.4 is 5.32 Å². The van der Waals surface area contributed by atoms with Crippen LogP contribution in [0.3, 0.4) is 0 Å². The molecule has 3 aliphatic rings. The molecule has 1 saturated heterocycles. The van der Waals surface area contributed by atoms with E-state index >= 15 is 0 Å². The van der Waals surface area contributed by atoms with Crippen LogP contribution in [0, 0.1) is 16.7 Å². The van der Waals surface area contributed by atoms with Crippen molar-refractivity contribution >= 4 is 17.7 Å². The molecule has 3 atom stereocenters. The van der Waals surface area contributed by atoms with Crippen LogP contribution in [-0.4, -0.2) is 28.7 Å². The normalized spacial score (nSPS) is 31.6. The number of amides is 3. The van der Waals surface area contributed by atoms with Crippen molar-refractivity contribution in [2.75, 3.05) is 0 Å². The molecule has 144 valence electrons.